The maximum atomic E-state index is 13.5. The van der Waals surface area contributed by atoms with Gasteiger partial charge in [-0.15, -0.1) is 0 Å². The molecule has 0 amide bonds. The number of nitrogens with one attached hydrogen (secondary N) is 1. The van der Waals surface area contributed by atoms with Crippen LogP contribution in [0.15, 0.2) is 22.7 Å². The predicted octanol–water partition coefficient (Wildman–Crippen LogP) is 3.93. The molecule has 0 radical (unpaired) electrons. The summed E-state index contributed by atoms with van der Waals surface area (Å²) in [5, 5.41) is 3.59. The van der Waals surface area contributed by atoms with Crippen LogP contribution in [0, 0.1) is 11.7 Å². The van der Waals surface area contributed by atoms with Crippen molar-refractivity contribution < 1.29 is 9.13 Å². The van der Waals surface area contributed by atoms with Crippen LogP contribution in [-0.4, -0.2) is 25.8 Å². The lowest BCUT2D eigenvalue weighted by Gasteiger charge is -2.21. The van der Waals surface area contributed by atoms with Crippen molar-refractivity contribution >= 4 is 15.9 Å². The van der Waals surface area contributed by atoms with Crippen LogP contribution >= 0.6 is 15.9 Å². The van der Waals surface area contributed by atoms with Gasteiger partial charge in [0.1, 0.15) is 5.82 Å². The fourth-order valence-corrected chi connectivity index (χ4v) is 3.28. The smallest absolute Gasteiger partial charge is 0.124 e. The summed E-state index contributed by atoms with van der Waals surface area (Å²) in [6, 6.07) is 5.55. The summed E-state index contributed by atoms with van der Waals surface area (Å²) in [5.41, 5.74) is 1.05. The minimum atomic E-state index is -0.173. The van der Waals surface area contributed by atoms with Gasteiger partial charge in [0.2, 0.25) is 0 Å². The summed E-state index contributed by atoms with van der Waals surface area (Å²) in [4.78, 5) is 0. The van der Waals surface area contributed by atoms with Crippen LogP contribution in [0.2, 0.25) is 0 Å². The normalized spacial score (nSPS) is 20.2. The Balaban J connectivity index is 1.97. The minimum Gasteiger partial charge on any atom is -0.381 e. The van der Waals surface area contributed by atoms with Gasteiger partial charge < -0.3 is 10.1 Å². The van der Waals surface area contributed by atoms with E-state index in [-0.39, 0.29) is 5.82 Å². The Morgan fingerprint density at radius 2 is 2.30 bits per heavy atom. The molecule has 0 aliphatic carbocycles. The van der Waals surface area contributed by atoms with Crippen LogP contribution in [-0.2, 0) is 11.2 Å². The van der Waals surface area contributed by atoms with Crippen molar-refractivity contribution in [3.8, 4) is 0 Å². The van der Waals surface area contributed by atoms with Crippen molar-refractivity contribution in [3.05, 3.63) is 34.1 Å². The van der Waals surface area contributed by atoms with Crippen molar-refractivity contribution in [3.63, 3.8) is 0 Å². The SMILES string of the molecule is CCCNC(Cc1cc(F)cc(Br)c1)CC1CCOC1. The van der Waals surface area contributed by atoms with Crippen LogP contribution in [0.4, 0.5) is 4.39 Å². The number of hydrogen-bond donors (Lipinski definition) is 1. The minimum absolute atomic E-state index is 0.173. The second kappa shape index (κ2) is 8.11. The average Bonchev–Trinajstić information content (AvgIpc) is 2.87. The van der Waals surface area contributed by atoms with Crippen LogP contribution < -0.4 is 5.32 Å². The van der Waals surface area contributed by atoms with Gasteiger partial charge in [-0.1, -0.05) is 22.9 Å². The average molecular weight is 344 g/mol. The number of benzene rings is 1. The zero-order chi connectivity index (χ0) is 14.4. The van der Waals surface area contributed by atoms with Crippen LogP contribution in [0.5, 0.6) is 0 Å². The molecule has 1 aliphatic rings. The van der Waals surface area contributed by atoms with Crippen molar-refractivity contribution in [2.75, 3.05) is 19.8 Å². The van der Waals surface area contributed by atoms with E-state index in [4.69, 9.17) is 4.74 Å². The van der Waals surface area contributed by atoms with E-state index < -0.39 is 0 Å². The molecule has 0 spiro atoms. The molecule has 0 aromatic heterocycles. The molecule has 112 valence electrons. The molecular formula is C16H23BrFNO. The van der Waals surface area contributed by atoms with Crippen LogP contribution in [0.25, 0.3) is 0 Å². The lowest BCUT2D eigenvalue weighted by molar-refractivity contribution is 0.181. The lowest BCUT2D eigenvalue weighted by atomic mass is 9.94. The highest BCUT2D eigenvalue weighted by atomic mass is 79.9. The zero-order valence-electron chi connectivity index (χ0n) is 12.0. The third-order valence-electron chi connectivity index (χ3n) is 3.73. The zero-order valence-corrected chi connectivity index (χ0v) is 13.6. The highest BCUT2D eigenvalue weighted by Gasteiger charge is 2.21. The van der Waals surface area contributed by atoms with Gasteiger partial charge in [0, 0.05) is 23.7 Å². The second-order valence-corrected chi connectivity index (χ2v) is 6.51. The van der Waals surface area contributed by atoms with E-state index >= 15 is 0 Å². The maximum absolute atomic E-state index is 13.5. The first kappa shape index (κ1) is 15.9. The number of rotatable bonds is 7. The molecule has 1 aliphatic heterocycles. The van der Waals surface area contributed by atoms with Gasteiger partial charge >= 0.3 is 0 Å². The Bertz CT molecular complexity index is 401. The molecule has 2 rings (SSSR count). The topological polar surface area (TPSA) is 21.3 Å². The maximum Gasteiger partial charge on any atom is 0.124 e. The second-order valence-electron chi connectivity index (χ2n) is 5.60. The van der Waals surface area contributed by atoms with Gasteiger partial charge in [-0.2, -0.15) is 0 Å². The quantitative estimate of drug-likeness (QED) is 0.809. The van der Waals surface area contributed by atoms with E-state index in [1.807, 2.05) is 6.07 Å². The Morgan fingerprint density at radius 3 is 2.95 bits per heavy atom. The van der Waals surface area contributed by atoms with E-state index in [2.05, 4.69) is 28.2 Å². The van der Waals surface area contributed by atoms with Gasteiger partial charge in [-0.05, 0) is 61.9 Å². The standard InChI is InChI=1S/C16H23BrFNO/c1-2-4-19-16(8-12-3-5-20-11-12)9-13-6-14(17)10-15(18)7-13/h6-7,10,12,16,19H,2-5,8-9,11H2,1H3. The molecule has 0 bridgehead atoms. The van der Waals surface area contributed by atoms with Crippen molar-refractivity contribution in [1.29, 1.82) is 0 Å². The van der Waals surface area contributed by atoms with Crippen LogP contribution in [0.1, 0.15) is 31.7 Å². The Labute approximate surface area is 129 Å². The predicted molar refractivity (Wildman–Crippen MR) is 83.4 cm³/mol. The van der Waals surface area contributed by atoms with Gasteiger partial charge in [-0.3, -0.25) is 0 Å². The number of hydrogen-bond acceptors (Lipinski definition) is 2. The summed E-state index contributed by atoms with van der Waals surface area (Å²) in [5.74, 6) is 0.467. The third-order valence-corrected chi connectivity index (χ3v) is 4.19. The largest absolute Gasteiger partial charge is 0.381 e. The van der Waals surface area contributed by atoms with E-state index in [1.165, 1.54) is 6.07 Å². The molecule has 1 heterocycles. The summed E-state index contributed by atoms with van der Waals surface area (Å²) < 4.78 is 19.7. The third kappa shape index (κ3) is 5.15. The number of ether oxygens (including phenoxy) is 1. The van der Waals surface area contributed by atoms with Gasteiger partial charge in [-0.25, -0.2) is 4.39 Å². The molecule has 1 fully saturated rings. The molecule has 2 atom stereocenters. The van der Waals surface area contributed by atoms with Crippen molar-refractivity contribution in [1.82, 2.24) is 5.32 Å². The molecule has 2 unspecified atom stereocenters. The molecule has 4 heteroatoms. The summed E-state index contributed by atoms with van der Waals surface area (Å²) in [6.07, 6.45) is 4.24. The number of halogens is 2. The molecule has 1 aromatic rings. The first-order valence-corrected chi connectivity index (χ1v) is 8.22. The first-order chi connectivity index (χ1) is 9.67. The van der Waals surface area contributed by atoms with Crippen LogP contribution in [0.3, 0.4) is 0 Å². The van der Waals surface area contributed by atoms with Crippen molar-refractivity contribution in [2.45, 2.75) is 38.6 Å². The molecule has 1 aromatic carbocycles. The fourth-order valence-electron chi connectivity index (χ4n) is 2.77. The molecule has 20 heavy (non-hydrogen) atoms. The fraction of sp³-hybridized carbons (Fsp3) is 0.625. The molecule has 2 nitrogen and oxygen atoms in total. The molecule has 1 N–H and O–H groups in total. The lowest BCUT2D eigenvalue weighted by Crippen LogP contribution is -2.34. The van der Waals surface area contributed by atoms with E-state index in [0.29, 0.717) is 12.0 Å². The van der Waals surface area contributed by atoms with E-state index in [0.717, 1.165) is 55.5 Å². The molecule has 0 saturated carbocycles. The highest BCUT2D eigenvalue weighted by molar-refractivity contribution is 9.10. The monoisotopic (exact) mass is 343 g/mol. The molecule has 1 saturated heterocycles. The van der Waals surface area contributed by atoms with Gasteiger partial charge in [0.05, 0.1) is 0 Å². The summed E-state index contributed by atoms with van der Waals surface area (Å²) in [7, 11) is 0. The van der Waals surface area contributed by atoms with Gasteiger partial charge in [0.25, 0.3) is 0 Å². The molecular weight excluding hydrogens is 321 g/mol. The Morgan fingerprint density at radius 1 is 1.45 bits per heavy atom. The Hall–Kier alpha value is -0.450. The highest BCUT2D eigenvalue weighted by Crippen LogP contribution is 2.22. The van der Waals surface area contributed by atoms with Gasteiger partial charge in [0.15, 0.2) is 0 Å². The Kier molecular flexibility index (Phi) is 6.46. The van der Waals surface area contributed by atoms with E-state index in [1.54, 1.807) is 6.07 Å². The van der Waals surface area contributed by atoms with Crippen molar-refractivity contribution in [2.24, 2.45) is 5.92 Å². The summed E-state index contributed by atoms with van der Waals surface area (Å²) in [6.45, 7) is 4.93. The van der Waals surface area contributed by atoms with E-state index in [9.17, 15) is 4.39 Å². The summed E-state index contributed by atoms with van der Waals surface area (Å²) >= 11 is 3.36. The first-order valence-electron chi connectivity index (χ1n) is 7.43.